The maximum atomic E-state index is 7.07. The summed E-state index contributed by atoms with van der Waals surface area (Å²) in [7, 11) is 0. The van der Waals surface area contributed by atoms with E-state index in [1.807, 2.05) is 0 Å². The molecular formula is C19H25NO. The van der Waals surface area contributed by atoms with Gasteiger partial charge in [-0.3, -0.25) is 0 Å². The van der Waals surface area contributed by atoms with E-state index in [-0.39, 0.29) is 5.54 Å². The summed E-state index contributed by atoms with van der Waals surface area (Å²) in [6.45, 7) is 0.861. The highest BCUT2D eigenvalue weighted by Crippen LogP contribution is 2.65. The SMILES string of the molecule is NC1(c2cccc3c2OCCC3)CC2CC1C1CCCC21. The van der Waals surface area contributed by atoms with E-state index in [0.29, 0.717) is 5.92 Å². The molecule has 1 aromatic carbocycles. The van der Waals surface area contributed by atoms with E-state index in [1.165, 1.54) is 43.2 Å². The minimum atomic E-state index is -0.112. The molecule has 2 N–H and O–H groups in total. The van der Waals surface area contributed by atoms with Crippen molar-refractivity contribution in [3.05, 3.63) is 29.3 Å². The van der Waals surface area contributed by atoms with Gasteiger partial charge in [-0.05, 0) is 67.8 Å². The second kappa shape index (κ2) is 4.25. The molecule has 5 rings (SSSR count). The minimum Gasteiger partial charge on any atom is -0.493 e. The number of benzene rings is 1. The number of aryl methyl sites for hydroxylation is 1. The van der Waals surface area contributed by atoms with Crippen LogP contribution in [0.5, 0.6) is 5.75 Å². The van der Waals surface area contributed by atoms with E-state index < -0.39 is 0 Å². The Balaban J connectivity index is 1.59. The Hall–Kier alpha value is -1.02. The van der Waals surface area contributed by atoms with Crippen LogP contribution in [0.1, 0.15) is 49.7 Å². The van der Waals surface area contributed by atoms with Crippen LogP contribution in [0.3, 0.4) is 0 Å². The van der Waals surface area contributed by atoms with Crippen LogP contribution in [-0.2, 0) is 12.0 Å². The Morgan fingerprint density at radius 1 is 1.14 bits per heavy atom. The van der Waals surface area contributed by atoms with Gasteiger partial charge >= 0.3 is 0 Å². The summed E-state index contributed by atoms with van der Waals surface area (Å²) in [4.78, 5) is 0. The molecule has 0 amide bonds. The first kappa shape index (κ1) is 12.5. The molecule has 2 heteroatoms. The van der Waals surface area contributed by atoms with Gasteiger partial charge in [0.2, 0.25) is 0 Å². The maximum absolute atomic E-state index is 7.07. The van der Waals surface area contributed by atoms with Crippen molar-refractivity contribution in [3.63, 3.8) is 0 Å². The number of ether oxygens (including phenoxy) is 1. The third kappa shape index (κ3) is 1.57. The fourth-order valence-corrected chi connectivity index (χ4v) is 6.26. The molecule has 5 atom stereocenters. The molecule has 21 heavy (non-hydrogen) atoms. The highest BCUT2D eigenvalue weighted by molar-refractivity contribution is 5.48. The summed E-state index contributed by atoms with van der Waals surface area (Å²) < 4.78 is 6.07. The largest absolute Gasteiger partial charge is 0.493 e. The van der Waals surface area contributed by atoms with Crippen molar-refractivity contribution in [2.24, 2.45) is 29.4 Å². The Labute approximate surface area is 127 Å². The smallest absolute Gasteiger partial charge is 0.127 e. The number of para-hydroxylation sites is 1. The van der Waals surface area contributed by atoms with Crippen LogP contribution < -0.4 is 10.5 Å². The van der Waals surface area contributed by atoms with Gasteiger partial charge < -0.3 is 10.5 Å². The molecule has 1 heterocycles. The van der Waals surface area contributed by atoms with Gasteiger partial charge in [-0.15, -0.1) is 0 Å². The van der Waals surface area contributed by atoms with Gasteiger partial charge in [0.25, 0.3) is 0 Å². The third-order valence-electron chi connectivity index (χ3n) is 7.00. The Morgan fingerprint density at radius 3 is 3.00 bits per heavy atom. The van der Waals surface area contributed by atoms with Gasteiger partial charge in [-0.2, -0.15) is 0 Å². The van der Waals surface area contributed by atoms with Gasteiger partial charge in [0.1, 0.15) is 5.75 Å². The topological polar surface area (TPSA) is 35.2 Å². The van der Waals surface area contributed by atoms with E-state index in [2.05, 4.69) is 18.2 Å². The van der Waals surface area contributed by atoms with Crippen LogP contribution in [0.25, 0.3) is 0 Å². The Morgan fingerprint density at radius 2 is 2.05 bits per heavy atom. The summed E-state index contributed by atoms with van der Waals surface area (Å²) in [6, 6.07) is 6.69. The summed E-state index contributed by atoms with van der Waals surface area (Å²) in [6.07, 6.45) is 9.17. The minimum absolute atomic E-state index is 0.112. The fraction of sp³-hybridized carbons (Fsp3) is 0.684. The molecule has 3 fully saturated rings. The molecular weight excluding hydrogens is 258 g/mol. The van der Waals surface area contributed by atoms with Crippen molar-refractivity contribution in [1.82, 2.24) is 0 Å². The van der Waals surface area contributed by atoms with Crippen molar-refractivity contribution in [1.29, 1.82) is 0 Å². The first-order chi connectivity index (χ1) is 10.3. The van der Waals surface area contributed by atoms with E-state index in [4.69, 9.17) is 10.5 Å². The molecule has 3 saturated carbocycles. The molecule has 2 bridgehead atoms. The van der Waals surface area contributed by atoms with E-state index in [1.54, 1.807) is 0 Å². The number of hydrogen-bond acceptors (Lipinski definition) is 2. The zero-order chi connectivity index (χ0) is 14.0. The molecule has 3 aliphatic carbocycles. The molecule has 0 spiro atoms. The molecule has 5 unspecified atom stereocenters. The quantitative estimate of drug-likeness (QED) is 0.854. The lowest BCUT2D eigenvalue weighted by molar-refractivity contribution is 0.151. The first-order valence-electron chi connectivity index (χ1n) is 8.81. The zero-order valence-corrected chi connectivity index (χ0v) is 12.7. The summed E-state index contributed by atoms with van der Waals surface area (Å²) in [5.41, 5.74) is 9.67. The van der Waals surface area contributed by atoms with Crippen molar-refractivity contribution >= 4 is 0 Å². The lowest BCUT2D eigenvalue weighted by Gasteiger charge is -2.42. The summed E-state index contributed by atoms with van der Waals surface area (Å²) >= 11 is 0. The second-order valence-corrected chi connectivity index (χ2v) is 7.85. The number of rotatable bonds is 1. The van der Waals surface area contributed by atoms with Crippen molar-refractivity contribution in [2.45, 2.75) is 50.5 Å². The average Bonchev–Trinajstić information content (AvgIpc) is 3.18. The van der Waals surface area contributed by atoms with Crippen LogP contribution in [0, 0.1) is 23.7 Å². The fourth-order valence-electron chi connectivity index (χ4n) is 6.26. The maximum Gasteiger partial charge on any atom is 0.127 e. The monoisotopic (exact) mass is 283 g/mol. The number of fused-ring (bicyclic) bond motifs is 6. The normalized spacial score (nSPS) is 43.5. The van der Waals surface area contributed by atoms with Crippen LogP contribution in [0.2, 0.25) is 0 Å². The van der Waals surface area contributed by atoms with Crippen LogP contribution in [-0.4, -0.2) is 6.61 Å². The molecule has 1 aromatic rings. The van der Waals surface area contributed by atoms with E-state index >= 15 is 0 Å². The summed E-state index contributed by atoms with van der Waals surface area (Å²) in [5.74, 6) is 4.62. The molecule has 4 aliphatic rings. The van der Waals surface area contributed by atoms with Crippen LogP contribution in [0.4, 0.5) is 0 Å². The predicted molar refractivity (Wildman–Crippen MR) is 83.2 cm³/mol. The van der Waals surface area contributed by atoms with Crippen molar-refractivity contribution in [3.8, 4) is 5.75 Å². The predicted octanol–water partition coefficient (Wildman–Crippen LogP) is 3.62. The van der Waals surface area contributed by atoms with Gasteiger partial charge in [-0.1, -0.05) is 24.6 Å². The highest BCUT2D eigenvalue weighted by atomic mass is 16.5. The Bertz CT molecular complexity index is 583. The van der Waals surface area contributed by atoms with Crippen LogP contribution in [0.15, 0.2) is 18.2 Å². The number of nitrogens with two attached hydrogens (primary N) is 1. The van der Waals surface area contributed by atoms with Crippen molar-refractivity contribution in [2.75, 3.05) is 6.61 Å². The summed E-state index contributed by atoms with van der Waals surface area (Å²) in [5, 5.41) is 0. The van der Waals surface area contributed by atoms with Gasteiger partial charge in [0, 0.05) is 11.1 Å². The second-order valence-electron chi connectivity index (χ2n) is 7.85. The molecule has 112 valence electrons. The van der Waals surface area contributed by atoms with Gasteiger partial charge in [0.15, 0.2) is 0 Å². The highest BCUT2D eigenvalue weighted by Gasteiger charge is 2.60. The molecule has 0 aromatic heterocycles. The average molecular weight is 283 g/mol. The molecule has 1 aliphatic heterocycles. The van der Waals surface area contributed by atoms with Gasteiger partial charge in [-0.25, -0.2) is 0 Å². The van der Waals surface area contributed by atoms with Crippen molar-refractivity contribution < 1.29 is 4.74 Å². The van der Waals surface area contributed by atoms with E-state index in [9.17, 15) is 0 Å². The number of hydrogen-bond donors (Lipinski definition) is 1. The van der Waals surface area contributed by atoms with Gasteiger partial charge in [0.05, 0.1) is 6.61 Å². The zero-order valence-electron chi connectivity index (χ0n) is 12.7. The standard InChI is InChI=1S/C19H25NO/c20-19(11-13-10-17(19)15-7-2-6-14(13)15)16-8-1-4-12-5-3-9-21-18(12)16/h1,4,8,13-15,17H,2-3,5-7,9-11,20H2. The van der Waals surface area contributed by atoms with E-state index in [0.717, 1.165) is 43.0 Å². The first-order valence-corrected chi connectivity index (χ1v) is 8.81. The lowest BCUT2D eigenvalue weighted by Crippen LogP contribution is -2.47. The molecule has 0 radical (unpaired) electrons. The van der Waals surface area contributed by atoms with Crippen LogP contribution >= 0.6 is 0 Å². The molecule has 2 nitrogen and oxygen atoms in total. The molecule has 0 saturated heterocycles. The third-order valence-corrected chi connectivity index (χ3v) is 7.00. The Kier molecular flexibility index (Phi) is 2.54. The lowest BCUT2D eigenvalue weighted by atomic mass is 9.68.